The van der Waals surface area contributed by atoms with E-state index in [0.717, 1.165) is 18.5 Å². The van der Waals surface area contributed by atoms with Gasteiger partial charge in [0, 0.05) is 13.1 Å². The minimum absolute atomic E-state index is 0.233. The Morgan fingerprint density at radius 3 is 2.73 bits per heavy atom. The molecule has 3 N–H and O–H groups in total. The van der Waals surface area contributed by atoms with Gasteiger partial charge in [-0.3, -0.25) is 0 Å². The molecule has 140 valence electrons. The van der Waals surface area contributed by atoms with Gasteiger partial charge < -0.3 is 20.5 Å². The second-order valence-electron chi connectivity index (χ2n) is 5.93. The molecule has 6 heteroatoms. The van der Waals surface area contributed by atoms with Crippen LogP contribution in [0.5, 0.6) is 11.5 Å². The molecule has 0 saturated heterocycles. The second kappa shape index (κ2) is 10.3. The van der Waals surface area contributed by atoms with Crippen LogP contribution in [0.25, 0.3) is 0 Å². The predicted molar refractivity (Wildman–Crippen MR) is 102 cm³/mol. The molecule has 0 aromatic heterocycles. The maximum atomic E-state index is 13.6. The normalized spacial score (nSPS) is 12.5. The van der Waals surface area contributed by atoms with Gasteiger partial charge in [0.25, 0.3) is 0 Å². The smallest absolute Gasteiger partial charge is 0.191 e. The zero-order valence-corrected chi connectivity index (χ0v) is 15.2. The first-order valence-electron chi connectivity index (χ1n) is 8.79. The fourth-order valence-corrected chi connectivity index (χ4v) is 2.39. The first-order valence-corrected chi connectivity index (χ1v) is 8.79. The minimum atomic E-state index is -0.375. The molecule has 1 unspecified atom stereocenters. The van der Waals surface area contributed by atoms with Gasteiger partial charge in [0.05, 0.1) is 6.54 Å². The lowest BCUT2D eigenvalue weighted by Crippen LogP contribution is -2.39. The van der Waals surface area contributed by atoms with Crippen molar-refractivity contribution in [2.45, 2.75) is 26.4 Å². The zero-order valence-electron chi connectivity index (χ0n) is 15.2. The van der Waals surface area contributed by atoms with Crippen molar-refractivity contribution in [1.82, 2.24) is 10.6 Å². The van der Waals surface area contributed by atoms with Crippen molar-refractivity contribution >= 4 is 5.96 Å². The molecule has 0 saturated carbocycles. The molecular weight excluding hydrogens is 333 g/mol. The summed E-state index contributed by atoms with van der Waals surface area (Å²) in [6.45, 7) is 5.66. The van der Waals surface area contributed by atoms with Crippen molar-refractivity contribution in [3.05, 3.63) is 59.9 Å². The quantitative estimate of drug-likeness (QED) is 0.501. The number of ether oxygens (including phenoxy) is 1. The van der Waals surface area contributed by atoms with Crippen molar-refractivity contribution in [1.29, 1.82) is 0 Å². The number of phenolic OH excluding ortho intramolecular Hbond substituents is 1. The van der Waals surface area contributed by atoms with Crippen LogP contribution in [-0.4, -0.2) is 36.8 Å². The van der Waals surface area contributed by atoms with E-state index in [9.17, 15) is 9.50 Å². The predicted octanol–water partition coefficient (Wildman–Crippen LogP) is 3.10. The number of aliphatic imine (C=N–C) groups is 1. The van der Waals surface area contributed by atoms with Gasteiger partial charge in [0.1, 0.15) is 11.9 Å². The molecule has 2 aromatic rings. The lowest BCUT2D eigenvalue weighted by molar-refractivity contribution is 0.220. The van der Waals surface area contributed by atoms with E-state index < -0.39 is 0 Å². The Bertz CT molecular complexity index is 722. The fraction of sp³-hybridized carbons (Fsp3) is 0.350. The molecule has 0 radical (unpaired) electrons. The number of halogens is 1. The van der Waals surface area contributed by atoms with Crippen molar-refractivity contribution in [2.24, 2.45) is 4.99 Å². The number of benzene rings is 2. The molecule has 2 rings (SSSR count). The summed E-state index contributed by atoms with van der Waals surface area (Å²) >= 11 is 0. The third-order valence-corrected chi connectivity index (χ3v) is 3.63. The lowest BCUT2D eigenvalue weighted by atomic mass is 10.1. The highest BCUT2D eigenvalue weighted by molar-refractivity contribution is 5.79. The summed E-state index contributed by atoms with van der Waals surface area (Å²) in [5.74, 6) is 0.801. The van der Waals surface area contributed by atoms with Gasteiger partial charge in [-0.15, -0.1) is 0 Å². The zero-order chi connectivity index (χ0) is 18.8. The van der Waals surface area contributed by atoms with Crippen LogP contribution in [0.2, 0.25) is 0 Å². The average molecular weight is 359 g/mol. The van der Waals surface area contributed by atoms with Gasteiger partial charge >= 0.3 is 0 Å². The number of hydrogen-bond donors (Lipinski definition) is 3. The molecule has 0 aliphatic heterocycles. The summed E-state index contributed by atoms with van der Waals surface area (Å²) in [6.07, 6.45) is 0.508. The van der Waals surface area contributed by atoms with Crippen LogP contribution in [0.15, 0.2) is 53.5 Å². The highest BCUT2D eigenvalue weighted by Crippen LogP contribution is 2.17. The maximum Gasteiger partial charge on any atom is 0.191 e. The Labute approximate surface area is 153 Å². The van der Waals surface area contributed by atoms with E-state index in [2.05, 4.69) is 15.6 Å². The number of phenols is 1. The van der Waals surface area contributed by atoms with Crippen LogP contribution in [0.3, 0.4) is 0 Å². The van der Waals surface area contributed by atoms with E-state index in [0.29, 0.717) is 19.0 Å². The number of guanidine groups is 1. The number of hydrogen-bond acceptors (Lipinski definition) is 3. The molecule has 5 nitrogen and oxygen atoms in total. The van der Waals surface area contributed by atoms with Gasteiger partial charge in [-0.05, 0) is 50.1 Å². The average Bonchev–Trinajstić information content (AvgIpc) is 2.62. The van der Waals surface area contributed by atoms with Crippen molar-refractivity contribution in [2.75, 3.05) is 19.6 Å². The third-order valence-electron chi connectivity index (χ3n) is 3.63. The highest BCUT2D eigenvalue weighted by atomic mass is 19.1. The van der Waals surface area contributed by atoms with Crippen molar-refractivity contribution < 1.29 is 14.2 Å². The second-order valence-corrected chi connectivity index (χ2v) is 5.93. The molecule has 0 aliphatic rings. The van der Waals surface area contributed by atoms with Gasteiger partial charge in [0.2, 0.25) is 0 Å². The summed E-state index contributed by atoms with van der Waals surface area (Å²) in [5, 5.41) is 15.9. The standard InChI is InChI=1S/C20H26FN3O2/c1-3-22-20(23-12-11-16-7-6-8-17(25)13-16)24-14-15(2)26-19-10-5-4-9-18(19)21/h4-10,13,15,25H,3,11-12,14H2,1-2H3,(H2,22,23,24). The summed E-state index contributed by atoms with van der Waals surface area (Å²) < 4.78 is 19.2. The Morgan fingerprint density at radius 2 is 2.00 bits per heavy atom. The van der Waals surface area contributed by atoms with E-state index in [4.69, 9.17) is 4.74 Å². The fourth-order valence-electron chi connectivity index (χ4n) is 2.39. The van der Waals surface area contributed by atoms with Crippen LogP contribution in [0.4, 0.5) is 4.39 Å². The van der Waals surface area contributed by atoms with Crippen LogP contribution in [-0.2, 0) is 6.42 Å². The topological polar surface area (TPSA) is 65.9 Å². The molecule has 0 amide bonds. The van der Waals surface area contributed by atoms with Crippen molar-refractivity contribution in [3.63, 3.8) is 0 Å². The Morgan fingerprint density at radius 1 is 1.19 bits per heavy atom. The van der Waals surface area contributed by atoms with Crippen LogP contribution in [0, 0.1) is 5.82 Å². The minimum Gasteiger partial charge on any atom is -0.508 e. The maximum absolute atomic E-state index is 13.6. The van der Waals surface area contributed by atoms with Gasteiger partial charge in [0.15, 0.2) is 17.5 Å². The molecule has 0 aliphatic carbocycles. The molecule has 0 spiro atoms. The molecule has 1 atom stereocenters. The number of para-hydroxylation sites is 1. The van der Waals surface area contributed by atoms with E-state index in [1.165, 1.54) is 6.07 Å². The highest BCUT2D eigenvalue weighted by Gasteiger charge is 2.08. The number of aromatic hydroxyl groups is 1. The molecular formula is C20H26FN3O2. The Kier molecular flexibility index (Phi) is 7.74. The SMILES string of the molecule is CCNC(=NCC(C)Oc1ccccc1F)NCCc1cccc(O)c1. The van der Waals surface area contributed by atoms with Gasteiger partial charge in [-0.25, -0.2) is 9.38 Å². The largest absolute Gasteiger partial charge is 0.508 e. The third kappa shape index (κ3) is 6.63. The number of rotatable bonds is 8. The summed E-state index contributed by atoms with van der Waals surface area (Å²) in [6, 6.07) is 13.5. The number of nitrogens with one attached hydrogen (secondary N) is 2. The summed E-state index contributed by atoms with van der Waals surface area (Å²) in [4.78, 5) is 4.49. The molecule has 0 heterocycles. The lowest BCUT2D eigenvalue weighted by Gasteiger charge is -2.15. The Balaban J connectivity index is 1.84. The summed E-state index contributed by atoms with van der Waals surface area (Å²) in [5.41, 5.74) is 1.05. The van der Waals surface area contributed by atoms with E-state index in [1.54, 1.807) is 30.3 Å². The van der Waals surface area contributed by atoms with E-state index >= 15 is 0 Å². The van der Waals surface area contributed by atoms with Crippen LogP contribution in [0.1, 0.15) is 19.4 Å². The molecule has 26 heavy (non-hydrogen) atoms. The first kappa shape index (κ1) is 19.6. The van der Waals surface area contributed by atoms with Gasteiger partial charge in [-0.1, -0.05) is 24.3 Å². The molecule has 0 fully saturated rings. The van der Waals surface area contributed by atoms with E-state index in [1.807, 2.05) is 26.0 Å². The first-order chi connectivity index (χ1) is 12.6. The van der Waals surface area contributed by atoms with Crippen molar-refractivity contribution in [3.8, 4) is 11.5 Å². The monoisotopic (exact) mass is 359 g/mol. The Hall–Kier alpha value is -2.76. The van der Waals surface area contributed by atoms with Crippen LogP contribution < -0.4 is 15.4 Å². The number of nitrogens with zero attached hydrogens (tertiary/aromatic N) is 1. The summed E-state index contributed by atoms with van der Waals surface area (Å²) in [7, 11) is 0. The molecule has 0 bridgehead atoms. The van der Waals surface area contributed by atoms with Crippen LogP contribution >= 0.6 is 0 Å². The molecule has 2 aromatic carbocycles. The van der Waals surface area contributed by atoms with Gasteiger partial charge in [-0.2, -0.15) is 0 Å². The van der Waals surface area contributed by atoms with E-state index in [-0.39, 0.29) is 23.4 Å².